The van der Waals surface area contributed by atoms with E-state index in [-0.39, 0.29) is 5.91 Å². The molecule has 0 spiro atoms. The highest BCUT2D eigenvalue weighted by atomic mass is 79.9. The number of carbonyl (C=O) groups excluding carboxylic acids is 1. The molecule has 1 aromatic carbocycles. The smallest absolute Gasteiger partial charge is 0.254 e. The number of likely N-dealkylation sites (tertiary alicyclic amines) is 1. The number of rotatable bonds is 3. The summed E-state index contributed by atoms with van der Waals surface area (Å²) in [4.78, 5) is 14.6. The summed E-state index contributed by atoms with van der Waals surface area (Å²) >= 11 is 9.30. The van der Waals surface area contributed by atoms with Gasteiger partial charge in [0.05, 0.1) is 0 Å². The van der Waals surface area contributed by atoms with Gasteiger partial charge in [-0.15, -0.1) is 11.6 Å². The number of nitrogens with zero attached hydrogens (tertiary/aromatic N) is 1. The zero-order valence-electron chi connectivity index (χ0n) is 11.2. The van der Waals surface area contributed by atoms with Crippen LogP contribution >= 0.6 is 27.5 Å². The molecule has 2 rings (SSSR count). The van der Waals surface area contributed by atoms with Crippen LogP contribution in [-0.2, 0) is 0 Å². The maximum Gasteiger partial charge on any atom is 0.254 e. The van der Waals surface area contributed by atoms with Crippen molar-refractivity contribution < 1.29 is 4.79 Å². The van der Waals surface area contributed by atoms with Crippen LogP contribution in [0.5, 0.6) is 0 Å². The Bertz CT molecular complexity index is 461. The molecule has 0 N–H and O–H groups in total. The molecule has 1 atom stereocenters. The molecule has 0 aromatic heterocycles. The summed E-state index contributed by atoms with van der Waals surface area (Å²) in [6.07, 6.45) is 3.27. The van der Waals surface area contributed by atoms with Gasteiger partial charge in [0.1, 0.15) is 0 Å². The number of amides is 1. The summed E-state index contributed by atoms with van der Waals surface area (Å²) in [7, 11) is 0. The lowest BCUT2D eigenvalue weighted by atomic mass is 9.94. The number of hydrogen-bond donors (Lipinski definition) is 0. The van der Waals surface area contributed by atoms with Gasteiger partial charge in [-0.3, -0.25) is 4.79 Å². The molecule has 0 radical (unpaired) electrons. The van der Waals surface area contributed by atoms with E-state index in [0.29, 0.717) is 11.8 Å². The molecule has 2 nitrogen and oxygen atoms in total. The van der Waals surface area contributed by atoms with Crippen LogP contribution in [-0.4, -0.2) is 29.8 Å². The Labute approximate surface area is 128 Å². The highest BCUT2D eigenvalue weighted by molar-refractivity contribution is 9.10. The maximum atomic E-state index is 12.6. The molecular formula is C15H19BrClNO. The minimum absolute atomic E-state index is 0.151. The fourth-order valence-electron chi connectivity index (χ4n) is 2.65. The molecular weight excluding hydrogens is 326 g/mol. The van der Waals surface area contributed by atoms with Gasteiger partial charge >= 0.3 is 0 Å². The molecule has 0 aliphatic carbocycles. The number of alkyl halides is 1. The summed E-state index contributed by atoms with van der Waals surface area (Å²) < 4.78 is 0.993. The van der Waals surface area contributed by atoms with Gasteiger partial charge in [-0.25, -0.2) is 0 Å². The molecule has 1 heterocycles. The minimum atomic E-state index is 0.151. The summed E-state index contributed by atoms with van der Waals surface area (Å²) in [5, 5.41) is 0. The highest BCUT2D eigenvalue weighted by Gasteiger charge is 2.25. The average molecular weight is 345 g/mol. The van der Waals surface area contributed by atoms with Crippen molar-refractivity contribution in [1.82, 2.24) is 4.90 Å². The van der Waals surface area contributed by atoms with Crippen LogP contribution < -0.4 is 0 Å². The molecule has 1 unspecified atom stereocenters. The fourth-order valence-corrected chi connectivity index (χ4v) is 3.32. The fraction of sp³-hybridized carbons (Fsp3) is 0.533. The lowest BCUT2D eigenvalue weighted by Crippen LogP contribution is -2.40. The van der Waals surface area contributed by atoms with Crippen molar-refractivity contribution in [2.24, 2.45) is 5.92 Å². The Morgan fingerprint density at radius 1 is 1.53 bits per heavy atom. The molecule has 1 fully saturated rings. The second-order valence-electron chi connectivity index (χ2n) is 5.15. The maximum absolute atomic E-state index is 12.6. The first-order chi connectivity index (χ1) is 9.13. The molecule has 1 saturated heterocycles. The lowest BCUT2D eigenvalue weighted by molar-refractivity contribution is 0.0671. The van der Waals surface area contributed by atoms with E-state index in [2.05, 4.69) is 15.9 Å². The molecule has 104 valence electrons. The Hall–Kier alpha value is -0.540. The summed E-state index contributed by atoms with van der Waals surface area (Å²) in [5.74, 6) is 1.39. The van der Waals surface area contributed by atoms with Crippen molar-refractivity contribution in [1.29, 1.82) is 0 Å². The molecule has 1 aliphatic heterocycles. The van der Waals surface area contributed by atoms with E-state index in [0.717, 1.165) is 41.5 Å². The van der Waals surface area contributed by atoms with Gasteiger partial charge in [0.25, 0.3) is 5.91 Å². The van der Waals surface area contributed by atoms with Crippen molar-refractivity contribution in [2.45, 2.75) is 26.2 Å². The second kappa shape index (κ2) is 6.76. The molecule has 19 heavy (non-hydrogen) atoms. The van der Waals surface area contributed by atoms with Gasteiger partial charge in [0, 0.05) is 29.0 Å². The first-order valence-corrected chi connectivity index (χ1v) is 8.06. The topological polar surface area (TPSA) is 20.3 Å². The zero-order chi connectivity index (χ0) is 13.8. The van der Waals surface area contributed by atoms with Gasteiger partial charge in [-0.05, 0) is 49.8 Å². The lowest BCUT2D eigenvalue weighted by Gasteiger charge is -2.33. The highest BCUT2D eigenvalue weighted by Crippen LogP contribution is 2.25. The van der Waals surface area contributed by atoms with Crippen molar-refractivity contribution in [2.75, 3.05) is 19.0 Å². The van der Waals surface area contributed by atoms with E-state index in [1.165, 1.54) is 6.42 Å². The number of benzene rings is 1. The zero-order valence-corrected chi connectivity index (χ0v) is 13.5. The van der Waals surface area contributed by atoms with Crippen LogP contribution in [0.15, 0.2) is 22.7 Å². The predicted octanol–water partition coefficient (Wildman–Crippen LogP) is 4.24. The number of hydrogen-bond acceptors (Lipinski definition) is 1. The molecule has 1 aliphatic rings. The van der Waals surface area contributed by atoms with Crippen molar-refractivity contribution in [3.63, 3.8) is 0 Å². The van der Waals surface area contributed by atoms with Gasteiger partial charge in [0.15, 0.2) is 0 Å². The van der Waals surface area contributed by atoms with E-state index in [1.54, 1.807) is 0 Å². The largest absolute Gasteiger partial charge is 0.338 e. The van der Waals surface area contributed by atoms with E-state index in [4.69, 9.17) is 11.6 Å². The van der Waals surface area contributed by atoms with Crippen molar-refractivity contribution in [3.8, 4) is 0 Å². The number of halogens is 2. The van der Waals surface area contributed by atoms with Crippen molar-refractivity contribution >= 4 is 33.4 Å². The quantitative estimate of drug-likeness (QED) is 0.751. The minimum Gasteiger partial charge on any atom is -0.338 e. The number of carbonyl (C=O) groups is 1. The van der Waals surface area contributed by atoms with Crippen LogP contribution in [0, 0.1) is 12.8 Å². The molecule has 0 saturated carbocycles. The Morgan fingerprint density at radius 3 is 3.05 bits per heavy atom. The van der Waals surface area contributed by atoms with Gasteiger partial charge in [0.2, 0.25) is 0 Å². The van der Waals surface area contributed by atoms with E-state index in [1.807, 2.05) is 30.0 Å². The molecule has 1 aromatic rings. The Kier molecular flexibility index (Phi) is 5.28. The van der Waals surface area contributed by atoms with Gasteiger partial charge in [-0.1, -0.05) is 22.0 Å². The Morgan fingerprint density at radius 2 is 2.32 bits per heavy atom. The first kappa shape index (κ1) is 14.9. The van der Waals surface area contributed by atoms with E-state index >= 15 is 0 Å². The van der Waals surface area contributed by atoms with Crippen LogP contribution in [0.2, 0.25) is 0 Å². The standard InChI is InChI=1S/C15H19BrClNO/c1-11-13(5-2-6-14(11)16)15(19)18-9-3-4-12(10-18)7-8-17/h2,5-6,12H,3-4,7-10H2,1H3. The van der Waals surface area contributed by atoms with Crippen LogP contribution in [0.25, 0.3) is 0 Å². The van der Waals surface area contributed by atoms with Gasteiger partial charge in [-0.2, -0.15) is 0 Å². The SMILES string of the molecule is Cc1c(Br)cccc1C(=O)N1CCCC(CCCl)C1. The van der Waals surface area contributed by atoms with E-state index < -0.39 is 0 Å². The second-order valence-corrected chi connectivity index (χ2v) is 6.38. The third kappa shape index (κ3) is 3.51. The van der Waals surface area contributed by atoms with Crippen LogP contribution in [0.3, 0.4) is 0 Å². The van der Waals surface area contributed by atoms with Crippen molar-refractivity contribution in [3.05, 3.63) is 33.8 Å². The first-order valence-electron chi connectivity index (χ1n) is 6.74. The third-order valence-electron chi connectivity index (χ3n) is 3.82. The molecule has 0 bridgehead atoms. The third-order valence-corrected chi connectivity index (χ3v) is 4.90. The summed E-state index contributed by atoms with van der Waals surface area (Å²) in [5.41, 5.74) is 1.83. The Balaban J connectivity index is 2.12. The van der Waals surface area contributed by atoms with Crippen LogP contribution in [0.4, 0.5) is 0 Å². The molecule has 4 heteroatoms. The monoisotopic (exact) mass is 343 g/mol. The summed E-state index contributed by atoms with van der Waals surface area (Å²) in [6, 6.07) is 5.80. The van der Waals surface area contributed by atoms with Crippen LogP contribution in [0.1, 0.15) is 35.2 Å². The number of piperidine rings is 1. The molecule has 1 amide bonds. The summed E-state index contributed by atoms with van der Waals surface area (Å²) in [6.45, 7) is 3.69. The predicted molar refractivity (Wildman–Crippen MR) is 82.8 cm³/mol. The van der Waals surface area contributed by atoms with Gasteiger partial charge < -0.3 is 4.90 Å². The van der Waals surface area contributed by atoms with E-state index in [9.17, 15) is 4.79 Å². The normalized spacial score (nSPS) is 19.5. The average Bonchev–Trinajstić information content (AvgIpc) is 2.42.